The van der Waals surface area contributed by atoms with Crippen LogP contribution in [0.25, 0.3) is 11.3 Å². The number of hydrogen-bond donors (Lipinski definition) is 0. The molecule has 0 radical (unpaired) electrons. The van der Waals surface area contributed by atoms with Crippen molar-refractivity contribution >= 4 is 23.2 Å². The first-order valence-corrected chi connectivity index (χ1v) is 7.23. The van der Waals surface area contributed by atoms with E-state index in [9.17, 15) is 13.6 Å². The van der Waals surface area contributed by atoms with Gasteiger partial charge in [-0.2, -0.15) is 0 Å². The Labute approximate surface area is 135 Å². The average molecular weight is 340 g/mol. The molecule has 23 heavy (non-hydrogen) atoms. The number of aromatic nitrogens is 2. The molecule has 8 heteroatoms. The summed E-state index contributed by atoms with van der Waals surface area (Å²) in [5.41, 5.74) is 0.237. The lowest BCUT2D eigenvalue weighted by Crippen LogP contribution is -2.43. The normalized spacial score (nSPS) is 14.0. The second-order valence-corrected chi connectivity index (χ2v) is 5.63. The van der Waals surface area contributed by atoms with Crippen molar-refractivity contribution in [2.75, 3.05) is 11.5 Å². The summed E-state index contributed by atoms with van der Waals surface area (Å²) in [4.78, 5) is 20.8. The maximum absolute atomic E-state index is 14.4. The summed E-state index contributed by atoms with van der Waals surface area (Å²) in [5.74, 6) is -1.79. The molecule has 0 saturated carbocycles. The molecular formula is C15H12ClF2N3O2. The first-order chi connectivity index (χ1) is 10.9. The number of ether oxygens (including phenoxy) is 1. The van der Waals surface area contributed by atoms with Crippen molar-refractivity contribution in [1.82, 2.24) is 9.97 Å². The van der Waals surface area contributed by atoms with Gasteiger partial charge in [0.2, 0.25) is 5.28 Å². The smallest absolute Gasteiger partial charge is 0.265 e. The lowest BCUT2D eigenvalue weighted by Gasteiger charge is -2.32. The van der Waals surface area contributed by atoms with Crippen LogP contribution in [-0.2, 0) is 4.79 Å². The van der Waals surface area contributed by atoms with Crippen molar-refractivity contribution in [3.8, 4) is 17.0 Å². The fourth-order valence-corrected chi connectivity index (χ4v) is 2.62. The van der Waals surface area contributed by atoms with Crippen molar-refractivity contribution in [3.63, 3.8) is 0 Å². The van der Waals surface area contributed by atoms with E-state index in [1.165, 1.54) is 11.0 Å². The summed E-state index contributed by atoms with van der Waals surface area (Å²) in [6.45, 7) is 3.34. The van der Waals surface area contributed by atoms with Gasteiger partial charge in [-0.15, -0.1) is 0 Å². The van der Waals surface area contributed by atoms with E-state index in [0.29, 0.717) is 0 Å². The predicted octanol–water partition coefficient (Wildman–Crippen LogP) is 3.21. The van der Waals surface area contributed by atoms with Gasteiger partial charge >= 0.3 is 0 Å². The number of nitrogens with zero attached hydrogens (tertiary/aromatic N) is 3. The SMILES string of the molecule is CC(C)N1C(=O)COc2c(F)cc(-c3nc(Cl)ncc3F)cc21. The molecule has 0 aliphatic carbocycles. The monoisotopic (exact) mass is 339 g/mol. The van der Waals surface area contributed by atoms with E-state index in [1.807, 2.05) is 0 Å². The van der Waals surface area contributed by atoms with Crippen LogP contribution >= 0.6 is 11.6 Å². The van der Waals surface area contributed by atoms with Crippen molar-refractivity contribution < 1.29 is 18.3 Å². The summed E-state index contributed by atoms with van der Waals surface area (Å²) in [6, 6.07) is 2.34. The lowest BCUT2D eigenvalue weighted by molar-refractivity contribution is -0.121. The molecule has 3 rings (SSSR count). The van der Waals surface area contributed by atoms with E-state index in [2.05, 4.69) is 9.97 Å². The molecular weight excluding hydrogens is 328 g/mol. The minimum Gasteiger partial charge on any atom is -0.478 e. The van der Waals surface area contributed by atoms with Gasteiger partial charge in [-0.25, -0.2) is 18.7 Å². The summed E-state index contributed by atoms with van der Waals surface area (Å²) in [7, 11) is 0. The Kier molecular flexibility index (Phi) is 3.89. The van der Waals surface area contributed by atoms with Crippen LogP contribution in [0.15, 0.2) is 18.3 Å². The van der Waals surface area contributed by atoms with Crippen LogP contribution in [0.3, 0.4) is 0 Å². The molecule has 1 amide bonds. The molecule has 1 aliphatic heterocycles. The van der Waals surface area contributed by atoms with Gasteiger partial charge in [0.1, 0.15) is 5.69 Å². The maximum Gasteiger partial charge on any atom is 0.265 e. The van der Waals surface area contributed by atoms with Gasteiger partial charge in [0.05, 0.1) is 11.9 Å². The molecule has 0 atom stereocenters. The highest BCUT2D eigenvalue weighted by molar-refractivity contribution is 6.28. The van der Waals surface area contributed by atoms with Crippen LogP contribution in [-0.4, -0.2) is 28.5 Å². The Balaban J connectivity index is 2.21. The zero-order valence-corrected chi connectivity index (χ0v) is 13.1. The number of halogens is 3. The van der Waals surface area contributed by atoms with Crippen LogP contribution in [0.1, 0.15) is 13.8 Å². The zero-order chi connectivity index (χ0) is 16.7. The number of carbonyl (C=O) groups excluding carboxylic acids is 1. The van der Waals surface area contributed by atoms with Gasteiger partial charge in [-0.3, -0.25) is 4.79 Å². The molecule has 2 heterocycles. The number of anilines is 1. The summed E-state index contributed by atoms with van der Waals surface area (Å²) in [5, 5.41) is -0.160. The van der Waals surface area contributed by atoms with Crippen LogP contribution in [0.4, 0.5) is 14.5 Å². The van der Waals surface area contributed by atoms with Crippen molar-refractivity contribution in [1.29, 1.82) is 0 Å². The van der Waals surface area contributed by atoms with Crippen LogP contribution in [0.5, 0.6) is 5.75 Å². The van der Waals surface area contributed by atoms with Crippen molar-refractivity contribution in [2.24, 2.45) is 0 Å². The fraction of sp³-hybridized carbons (Fsp3) is 0.267. The Hall–Kier alpha value is -2.28. The number of amides is 1. The second-order valence-electron chi connectivity index (χ2n) is 5.29. The molecule has 0 N–H and O–H groups in total. The first-order valence-electron chi connectivity index (χ1n) is 6.85. The number of rotatable bonds is 2. The van der Waals surface area contributed by atoms with E-state index in [-0.39, 0.29) is 46.5 Å². The Bertz CT molecular complexity index is 799. The topological polar surface area (TPSA) is 55.3 Å². The third-order valence-corrected chi connectivity index (χ3v) is 3.58. The zero-order valence-electron chi connectivity index (χ0n) is 12.3. The molecule has 0 unspecified atom stereocenters. The van der Waals surface area contributed by atoms with Crippen LogP contribution in [0, 0.1) is 11.6 Å². The number of fused-ring (bicyclic) bond motifs is 1. The Morgan fingerprint density at radius 3 is 2.74 bits per heavy atom. The van der Waals surface area contributed by atoms with Gasteiger partial charge in [-0.1, -0.05) is 0 Å². The van der Waals surface area contributed by atoms with Crippen molar-refractivity contribution in [2.45, 2.75) is 19.9 Å². The molecule has 1 aromatic carbocycles. The third-order valence-electron chi connectivity index (χ3n) is 3.40. The molecule has 0 saturated heterocycles. The Morgan fingerprint density at radius 1 is 1.30 bits per heavy atom. The standard InChI is InChI=1S/C15H12ClF2N3O2/c1-7(2)21-11-4-8(13-10(18)5-19-15(16)20-13)3-9(17)14(11)23-6-12(21)22/h3-5,7H,6H2,1-2H3. The summed E-state index contributed by atoms with van der Waals surface area (Å²) in [6.07, 6.45) is 0.907. The molecule has 1 aliphatic rings. The average Bonchev–Trinajstić information content (AvgIpc) is 2.48. The molecule has 0 bridgehead atoms. The van der Waals surface area contributed by atoms with E-state index in [1.54, 1.807) is 13.8 Å². The number of benzene rings is 1. The van der Waals surface area contributed by atoms with E-state index in [4.69, 9.17) is 16.3 Å². The largest absolute Gasteiger partial charge is 0.478 e. The van der Waals surface area contributed by atoms with Gasteiger partial charge in [-0.05, 0) is 37.6 Å². The van der Waals surface area contributed by atoms with Gasteiger partial charge in [0, 0.05) is 11.6 Å². The quantitative estimate of drug-likeness (QED) is 0.788. The maximum atomic E-state index is 14.4. The predicted molar refractivity (Wildman–Crippen MR) is 80.5 cm³/mol. The molecule has 0 spiro atoms. The molecule has 0 fully saturated rings. The number of hydrogen-bond acceptors (Lipinski definition) is 4. The second kappa shape index (κ2) is 5.73. The highest BCUT2D eigenvalue weighted by Gasteiger charge is 2.31. The fourth-order valence-electron chi connectivity index (χ4n) is 2.49. The summed E-state index contributed by atoms with van der Waals surface area (Å²) >= 11 is 5.68. The van der Waals surface area contributed by atoms with E-state index >= 15 is 0 Å². The summed E-state index contributed by atoms with van der Waals surface area (Å²) < 4.78 is 33.5. The molecule has 120 valence electrons. The minimum absolute atomic E-state index is 0.0392. The minimum atomic E-state index is -0.743. The highest BCUT2D eigenvalue weighted by Crippen LogP contribution is 2.39. The van der Waals surface area contributed by atoms with Gasteiger partial charge in [0.15, 0.2) is 24.0 Å². The van der Waals surface area contributed by atoms with E-state index < -0.39 is 11.6 Å². The van der Waals surface area contributed by atoms with Crippen LogP contribution in [0.2, 0.25) is 5.28 Å². The van der Waals surface area contributed by atoms with Crippen molar-refractivity contribution in [3.05, 3.63) is 35.2 Å². The first kappa shape index (κ1) is 15.6. The Morgan fingerprint density at radius 2 is 2.04 bits per heavy atom. The molecule has 5 nitrogen and oxygen atoms in total. The van der Waals surface area contributed by atoms with Gasteiger partial charge in [0.25, 0.3) is 5.91 Å². The molecule has 1 aromatic heterocycles. The lowest BCUT2D eigenvalue weighted by atomic mass is 10.1. The van der Waals surface area contributed by atoms with Crippen LogP contribution < -0.4 is 9.64 Å². The highest BCUT2D eigenvalue weighted by atomic mass is 35.5. The van der Waals surface area contributed by atoms with E-state index in [0.717, 1.165) is 12.3 Å². The third kappa shape index (κ3) is 2.72. The molecule has 2 aromatic rings. The van der Waals surface area contributed by atoms with Gasteiger partial charge < -0.3 is 9.64 Å². The number of carbonyl (C=O) groups is 1.